The van der Waals surface area contributed by atoms with E-state index < -0.39 is 47.4 Å². The van der Waals surface area contributed by atoms with Crippen molar-refractivity contribution in [3.8, 4) is 11.5 Å². The van der Waals surface area contributed by atoms with Crippen LogP contribution in [-0.4, -0.2) is 89.4 Å². The number of hydrogen-bond donors (Lipinski definition) is 4. The molecule has 0 unspecified atom stereocenters. The Morgan fingerprint density at radius 1 is 0.860 bits per heavy atom. The van der Waals surface area contributed by atoms with Gasteiger partial charge in [0.2, 0.25) is 17.7 Å². The summed E-state index contributed by atoms with van der Waals surface area (Å²) in [6.07, 6.45) is 2.10. The normalized spacial score (nSPS) is 22.0. The maximum Gasteiger partial charge on any atom is 0.272 e. The van der Waals surface area contributed by atoms with E-state index in [0.29, 0.717) is 17.2 Å². The van der Waals surface area contributed by atoms with Crippen molar-refractivity contribution in [2.45, 2.75) is 63.8 Å². The summed E-state index contributed by atoms with van der Waals surface area (Å²) in [4.78, 5) is 73.4. The second kappa shape index (κ2) is 16.3. The zero-order valence-corrected chi connectivity index (χ0v) is 28.5. The van der Waals surface area contributed by atoms with E-state index in [1.807, 2.05) is 30.3 Å². The Morgan fingerprint density at radius 3 is 2.20 bits per heavy atom. The minimum absolute atomic E-state index is 0.156. The SMILES string of the molecule is CC(C)[C@H]1NC(=O)[C@@H](C)NC(=O)C2(CCN(C(=O)c3ccccn3)CC2)Oc2ccc(cc2)OCCNC(=O)[C@H](Cc2ccccc2)NC1=O. The van der Waals surface area contributed by atoms with Gasteiger partial charge in [0.15, 0.2) is 5.60 Å². The Morgan fingerprint density at radius 2 is 1.54 bits per heavy atom. The van der Waals surface area contributed by atoms with Crippen LogP contribution in [0.5, 0.6) is 11.5 Å². The number of amides is 5. The van der Waals surface area contributed by atoms with Crippen LogP contribution in [0, 0.1) is 5.92 Å². The van der Waals surface area contributed by atoms with E-state index in [4.69, 9.17) is 9.47 Å². The highest BCUT2D eigenvalue weighted by atomic mass is 16.5. The molecule has 13 nitrogen and oxygen atoms in total. The molecule has 6 rings (SSSR count). The van der Waals surface area contributed by atoms with E-state index in [2.05, 4.69) is 26.3 Å². The zero-order chi connectivity index (χ0) is 35.7. The molecule has 5 amide bonds. The number of likely N-dealkylation sites (tertiary alicyclic amines) is 1. The Hall–Kier alpha value is -5.46. The lowest BCUT2D eigenvalue weighted by atomic mass is 9.89. The Kier molecular flexibility index (Phi) is 11.7. The molecule has 3 aliphatic rings. The van der Waals surface area contributed by atoms with Crippen LogP contribution >= 0.6 is 0 Å². The summed E-state index contributed by atoms with van der Waals surface area (Å²) in [5, 5.41) is 11.2. The molecule has 2 aromatic carbocycles. The molecule has 4 heterocycles. The number of carbonyl (C=O) groups is 5. The highest BCUT2D eigenvalue weighted by Gasteiger charge is 2.46. The summed E-state index contributed by atoms with van der Waals surface area (Å²) in [7, 11) is 0. The smallest absolute Gasteiger partial charge is 0.272 e. The van der Waals surface area contributed by atoms with Crippen LogP contribution in [0.4, 0.5) is 0 Å². The van der Waals surface area contributed by atoms with Gasteiger partial charge in [0, 0.05) is 38.5 Å². The fourth-order valence-electron chi connectivity index (χ4n) is 5.92. The maximum atomic E-state index is 14.0. The summed E-state index contributed by atoms with van der Waals surface area (Å²) in [5.41, 5.74) is -0.244. The lowest BCUT2D eigenvalue weighted by Crippen LogP contribution is -2.62. The van der Waals surface area contributed by atoms with Crippen molar-refractivity contribution in [1.29, 1.82) is 0 Å². The Balaban J connectivity index is 1.38. The van der Waals surface area contributed by atoms with Gasteiger partial charge in [-0.2, -0.15) is 0 Å². The largest absolute Gasteiger partial charge is 0.492 e. The molecular formula is C37H44N6O7. The summed E-state index contributed by atoms with van der Waals surface area (Å²) in [6.45, 7) is 5.86. The van der Waals surface area contributed by atoms with Crippen molar-refractivity contribution in [2.75, 3.05) is 26.2 Å². The molecule has 264 valence electrons. The number of fused-ring (bicyclic) bond motifs is 15. The van der Waals surface area contributed by atoms with Gasteiger partial charge in [0.1, 0.15) is 41.9 Å². The monoisotopic (exact) mass is 684 g/mol. The van der Waals surface area contributed by atoms with Gasteiger partial charge in [-0.3, -0.25) is 29.0 Å². The standard InChI is InChI=1S/C37H44N6O7/c1-24(2)31-34(46)41-30(23-26-9-5-4-6-10-26)33(45)39-19-22-49-27-12-14-28(15-13-27)50-37(36(48)40-25(3)32(44)42-31)16-20-43(21-17-37)35(47)29-11-7-8-18-38-29/h4-15,18,24-25,30-31H,16-17,19-23H2,1-3H3,(H,39,45)(H,40,48)(H,41,46)(H,42,44)/t25-,30+,31-/m1/s1. The van der Waals surface area contributed by atoms with Gasteiger partial charge in [-0.05, 0) is 54.8 Å². The predicted octanol–water partition coefficient (Wildman–Crippen LogP) is 2.02. The molecule has 3 aliphatic heterocycles. The quantitative estimate of drug-likeness (QED) is 0.303. The van der Waals surface area contributed by atoms with Crippen molar-refractivity contribution >= 4 is 29.5 Å². The molecule has 0 aliphatic carbocycles. The zero-order valence-electron chi connectivity index (χ0n) is 28.5. The summed E-state index contributed by atoms with van der Waals surface area (Å²) in [6, 6.07) is 18.2. The molecule has 0 radical (unpaired) electrons. The van der Waals surface area contributed by atoms with Gasteiger partial charge in [0.25, 0.3) is 11.8 Å². The van der Waals surface area contributed by atoms with Gasteiger partial charge in [-0.15, -0.1) is 0 Å². The first-order chi connectivity index (χ1) is 24.0. The summed E-state index contributed by atoms with van der Waals surface area (Å²) < 4.78 is 12.2. The second-order valence-electron chi connectivity index (χ2n) is 12.9. The third kappa shape index (κ3) is 8.95. The Labute approximate surface area is 291 Å². The fraction of sp³-hybridized carbons (Fsp3) is 0.405. The molecule has 4 N–H and O–H groups in total. The molecule has 1 fully saturated rings. The number of hydrogen-bond acceptors (Lipinski definition) is 8. The van der Waals surface area contributed by atoms with Crippen molar-refractivity contribution in [3.63, 3.8) is 0 Å². The van der Waals surface area contributed by atoms with Gasteiger partial charge in [-0.1, -0.05) is 50.2 Å². The third-order valence-electron chi connectivity index (χ3n) is 8.87. The van der Waals surface area contributed by atoms with Crippen LogP contribution in [0.15, 0.2) is 79.0 Å². The van der Waals surface area contributed by atoms with E-state index in [9.17, 15) is 24.0 Å². The molecule has 1 saturated heterocycles. The van der Waals surface area contributed by atoms with Gasteiger partial charge >= 0.3 is 0 Å². The number of rotatable bonds is 4. The number of pyridine rings is 1. The number of ether oxygens (including phenoxy) is 2. The average Bonchev–Trinajstić information content (AvgIpc) is 3.12. The van der Waals surface area contributed by atoms with Crippen molar-refractivity contribution < 1.29 is 33.4 Å². The topological polar surface area (TPSA) is 168 Å². The molecule has 0 saturated carbocycles. The van der Waals surface area contributed by atoms with Crippen LogP contribution < -0.4 is 30.7 Å². The van der Waals surface area contributed by atoms with Crippen molar-refractivity contribution in [3.05, 3.63) is 90.3 Å². The maximum absolute atomic E-state index is 14.0. The highest BCUT2D eigenvalue weighted by Crippen LogP contribution is 2.31. The minimum atomic E-state index is -1.40. The second-order valence-corrected chi connectivity index (χ2v) is 12.9. The molecule has 50 heavy (non-hydrogen) atoms. The predicted molar refractivity (Wildman–Crippen MR) is 184 cm³/mol. The molecule has 3 aromatic rings. The number of carbonyl (C=O) groups excluding carboxylic acids is 5. The van der Waals surface area contributed by atoms with Crippen LogP contribution in [-0.2, 0) is 25.6 Å². The number of aromatic nitrogens is 1. The van der Waals surface area contributed by atoms with E-state index in [0.717, 1.165) is 5.56 Å². The van der Waals surface area contributed by atoms with Crippen molar-refractivity contribution in [2.24, 2.45) is 5.92 Å². The summed E-state index contributed by atoms with van der Waals surface area (Å²) >= 11 is 0. The van der Waals surface area contributed by atoms with Crippen LogP contribution in [0.1, 0.15) is 49.7 Å². The van der Waals surface area contributed by atoms with Crippen LogP contribution in [0.3, 0.4) is 0 Å². The first kappa shape index (κ1) is 35.8. The van der Waals surface area contributed by atoms with E-state index in [1.165, 1.54) is 6.92 Å². The lowest BCUT2D eigenvalue weighted by molar-refractivity contribution is -0.143. The average molecular weight is 685 g/mol. The molecule has 1 aromatic heterocycles. The van der Waals surface area contributed by atoms with Gasteiger partial charge in [-0.25, -0.2) is 0 Å². The first-order valence-electron chi connectivity index (χ1n) is 16.9. The van der Waals surface area contributed by atoms with Gasteiger partial charge < -0.3 is 35.6 Å². The minimum Gasteiger partial charge on any atom is -0.492 e. The number of nitrogens with one attached hydrogen (secondary N) is 4. The third-order valence-corrected chi connectivity index (χ3v) is 8.87. The van der Waals surface area contributed by atoms with Crippen LogP contribution in [0.2, 0.25) is 0 Å². The Bertz CT molecular complexity index is 1640. The molecular weight excluding hydrogens is 640 g/mol. The van der Waals surface area contributed by atoms with Crippen molar-refractivity contribution in [1.82, 2.24) is 31.2 Å². The number of piperidine rings is 1. The number of nitrogens with zero attached hydrogens (tertiary/aromatic N) is 2. The fourth-order valence-corrected chi connectivity index (χ4v) is 5.92. The van der Waals surface area contributed by atoms with E-state index >= 15 is 0 Å². The number of benzene rings is 2. The first-order valence-corrected chi connectivity index (χ1v) is 16.9. The molecule has 1 spiro atoms. The molecule has 13 heteroatoms. The molecule has 2 bridgehead atoms. The summed E-state index contributed by atoms with van der Waals surface area (Å²) in [5.74, 6) is -1.69. The van der Waals surface area contributed by atoms with Gasteiger partial charge in [0.05, 0.1) is 6.54 Å². The highest BCUT2D eigenvalue weighted by molar-refractivity contribution is 5.96. The lowest BCUT2D eigenvalue weighted by Gasteiger charge is -2.41. The van der Waals surface area contributed by atoms with Crippen LogP contribution in [0.25, 0.3) is 0 Å². The van der Waals surface area contributed by atoms with E-state index in [1.54, 1.807) is 67.4 Å². The van der Waals surface area contributed by atoms with E-state index in [-0.39, 0.29) is 57.3 Å². The molecule has 3 atom stereocenters.